The first kappa shape index (κ1) is 15.8. The van der Waals surface area contributed by atoms with Crippen molar-refractivity contribution in [3.05, 3.63) is 0 Å². The van der Waals surface area contributed by atoms with Crippen LogP contribution in [0.2, 0.25) is 0 Å². The summed E-state index contributed by atoms with van der Waals surface area (Å²) in [6.45, 7) is 0.952. The van der Waals surface area contributed by atoms with Crippen LogP contribution in [0.4, 0.5) is 0 Å². The highest BCUT2D eigenvalue weighted by molar-refractivity contribution is 7.86. The van der Waals surface area contributed by atoms with E-state index in [4.69, 9.17) is 0 Å². The highest BCUT2D eigenvalue weighted by atomic mass is 32.2. The fraction of sp³-hybridized carbons (Fsp3) is 0.938. The van der Waals surface area contributed by atoms with E-state index in [9.17, 15) is 13.2 Å². The van der Waals surface area contributed by atoms with Crippen LogP contribution in [0.15, 0.2) is 0 Å². The second-order valence-corrected chi connectivity index (χ2v) is 10.1. The van der Waals surface area contributed by atoms with Crippen LogP contribution in [0, 0.1) is 23.7 Å². The van der Waals surface area contributed by atoms with Gasteiger partial charge in [-0.3, -0.25) is 4.79 Å². The van der Waals surface area contributed by atoms with Crippen LogP contribution in [-0.2, 0) is 15.0 Å². The summed E-state index contributed by atoms with van der Waals surface area (Å²) in [7, 11) is -1.87. The first-order chi connectivity index (χ1) is 10.9. The summed E-state index contributed by atoms with van der Waals surface area (Å²) in [5.41, 5.74) is 0. The molecule has 0 atom stereocenters. The number of rotatable bonds is 3. The SMILES string of the molecule is CN1CCCN(CC(=O)NC2C3CC4CC(C3)CC2C4)S1(=O)=O. The Morgan fingerprint density at radius 3 is 2.26 bits per heavy atom. The molecule has 1 heterocycles. The van der Waals surface area contributed by atoms with Crippen LogP contribution in [-0.4, -0.2) is 55.7 Å². The monoisotopic (exact) mass is 341 g/mol. The van der Waals surface area contributed by atoms with Crippen molar-refractivity contribution in [1.29, 1.82) is 0 Å². The van der Waals surface area contributed by atoms with E-state index >= 15 is 0 Å². The van der Waals surface area contributed by atoms with Crippen molar-refractivity contribution in [2.24, 2.45) is 23.7 Å². The lowest BCUT2D eigenvalue weighted by Crippen LogP contribution is -2.58. The Kier molecular flexibility index (Phi) is 3.93. The smallest absolute Gasteiger partial charge is 0.282 e. The lowest BCUT2D eigenvalue weighted by atomic mass is 9.54. The largest absolute Gasteiger partial charge is 0.352 e. The molecule has 0 radical (unpaired) electrons. The predicted molar refractivity (Wildman–Crippen MR) is 86.7 cm³/mol. The average molecular weight is 341 g/mol. The summed E-state index contributed by atoms with van der Waals surface area (Å²) < 4.78 is 27.2. The third-order valence-corrected chi connectivity index (χ3v) is 8.41. The predicted octanol–water partition coefficient (Wildman–Crippen LogP) is 0.810. The third-order valence-electron chi connectivity index (χ3n) is 6.48. The van der Waals surface area contributed by atoms with Crippen LogP contribution in [0.1, 0.15) is 38.5 Å². The molecule has 4 aliphatic carbocycles. The van der Waals surface area contributed by atoms with E-state index in [1.165, 1.54) is 40.7 Å². The molecule has 4 bridgehead atoms. The molecule has 4 saturated carbocycles. The van der Waals surface area contributed by atoms with Gasteiger partial charge in [-0.1, -0.05) is 0 Å². The van der Waals surface area contributed by atoms with Crippen molar-refractivity contribution in [2.75, 3.05) is 26.7 Å². The zero-order valence-corrected chi connectivity index (χ0v) is 14.6. The molecular weight excluding hydrogens is 314 g/mol. The normalized spacial score (nSPS) is 42.7. The molecule has 1 N–H and O–H groups in total. The lowest BCUT2D eigenvalue weighted by Gasteiger charge is -2.54. The second-order valence-electron chi connectivity index (χ2n) is 8.04. The van der Waals surface area contributed by atoms with Gasteiger partial charge >= 0.3 is 0 Å². The molecule has 1 amide bonds. The summed E-state index contributed by atoms with van der Waals surface area (Å²) in [4.78, 5) is 12.5. The van der Waals surface area contributed by atoms with Gasteiger partial charge in [-0.15, -0.1) is 0 Å². The minimum absolute atomic E-state index is 0.0323. The van der Waals surface area contributed by atoms with E-state index in [0.29, 0.717) is 24.9 Å². The van der Waals surface area contributed by atoms with Crippen molar-refractivity contribution in [3.63, 3.8) is 0 Å². The van der Waals surface area contributed by atoms with Crippen LogP contribution in [0.25, 0.3) is 0 Å². The molecule has 1 saturated heterocycles. The number of hydrogen-bond donors (Lipinski definition) is 1. The van der Waals surface area contributed by atoms with Crippen LogP contribution < -0.4 is 5.32 Å². The first-order valence-corrected chi connectivity index (χ1v) is 10.3. The summed E-state index contributed by atoms with van der Waals surface area (Å²) in [6.07, 6.45) is 7.18. The number of hydrogen-bond acceptors (Lipinski definition) is 3. The molecule has 5 rings (SSSR count). The fourth-order valence-corrected chi connectivity index (χ4v) is 7.01. The van der Waals surface area contributed by atoms with Gasteiger partial charge < -0.3 is 5.32 Å². The topological polar surface area (TPSA) is 69.7 Å². The molecule has 5 fully saturated rings. The van der Waals surface area contributed by atoms with Crippen molar-refractivity contribution in [1.82, 2.24) is 13.9 Å². The number of nitrogens with zero attached hydrogens (tertiary/aromatic N) is 2. The summed E-state index contributed by atoms with van der Waals surface area (Å²) in [6, 6.07) is 0.278. The summed E-state index contributed by atoms with van der Waals surface area (Å²) in [5.74, 6) is 2.87. The van der Waals surface area contributed by atoms with E-state index in [2.05, 4.69) is 5.32 Å². The van der Waals surface area contributed by atoms with E-state index in [0.717, 1.165) is 18.3 Å². The van der Waals surface area contributed by atoms with E-state index < -0.39 is 10.2 Å². The Balaban J connectivity index is 1.39. The van der Waals surface area contributed by atoms with Gasteiger partial charge in [-0.2, -0.15) is 17.0 Å². The maximum atomic E-state index is 12.5. The van der Waals surface area contributed by atoms with Crippen molar-refractivity contribution >= 4 is 16.1 Å². The van der Waals surface area contributed by atoms with Crippen LogP contribution in [0.3, 0.4) is 0 Å². The molecule has 1 aliphatic heterocycles. The van der Waals surface area contributed by atoms with E-state index in [-0.39, 0.29) is 18.5 Å². The molecule has 5 aliphatic rings. The van der Waals surface area contributed by atoms with Gasteiger partial charge in [0.1, 0.15) is 0 Å². The summed E-state index contributed by atoms with van der Waals surface area (Å²) in [5, 5.41) is 3.20. The average Bonchev–Trinajstić information content (AvgIpc) is 2.47. The Morgan fingerprint density at radius 1 is 1.04 bits per heavy atom. The molecular formula is C16H27N3O3S. The van der Waals surface area contributed by atoms with Gasteiger partial charge in [-0.25, -0.2) is 0 Å². The molecule has 130 valence electrons. The molecule has 0 aromatic heterocycles. The fourth-order valence-electron chi connectivity index (χ4n) is 5.61. The van der Waals surface area contributed by atoms with Gasteiger partial charge in [0.2, 0.25) is 5.91 Å². The summed E-state index contributed by atoms with van der Waals surface area (Å²) >= 11 is 0. The minimum atomic E-state index is -3.45. The number of amides is 1. The standard InChI is InChI=1S/C16H27N3O3S/c1-18-3-2-4-19(23(18,21)22)10-15(20)17-16-13-6-11-5-12(8-13)9-14(16)7-11/h11-14,16H,2-10H2,1H3,(H,17,20). The third kappa shape index (κ3) is 2.81. The zero-order valence-electron chi connectivity index (χ0n) is 13.8. The molecule has 0 spiro atoms. The highest BCUT2D eigenvalue weighted by Crippen LogP contribution is 2.53. The first-order valence-electron chi connectivity index (χ1n) is 8.94. The Morgan fingerprint density at radius 2 is 1.65 bits per heavy atom. The Hall–Kier alpha value is -0.660. The molecule has 7 heteroatoms. The Bertz CT molecular complexity index is 563. The molecule has 6 nitrogen and oxygen atoms in total. The van der Waals surface area contributed by atoms with Crippen LogP contribution in [0.5, 0.6) is 0 Å². The van der Waals surface area contributed by atoms with Gasteiger partial charge in [-0.05, 0) is 62.2 Å². The van der Waals surface area contributed by atoms with Crippen molar-refractivity contribution in [2.45, 2.75) is 44.6 Å². The van der Waals surface area contributed by atoms with E-state index in [1.54, 1.807) is 7.05 Å². The Labute approximate surface area is 138 Å². The molecule has 0 unspecified atom stereocenters. The molecule has 0 aromatic carbocycles. The van der Waals surface area contributed by atoms with Crippen LogP contribution >= 0.6 is 0 Å². The van der Waals surface area contributed by atoms with Gasteiger partial charge in [0.15, 0.2) is 0 Å². The van der Waals surface area contributed by atoms with E-state index in [1.807, 2.05) is 0 Å². The number of carbonyl (C=O) groups excluding carboxylic acids is 1. The maximum absolute atomic E-state index is 12.5. The highest BCUT2D eigenvalue weighted by Gasteiger charge is 2.48. The quantitative estimate of drug-likeness (QED) is 0.826. The van der Waals surface area contributed by atoms with Crippen molar-refractivity contribution in [3.8, 4) is 0 Å². The minimum Gasteiger partial charge on any atom is -0.352 e. The molecule has 23 heavy (non-hydrogen) atoms. The lowest BCUT2D eigenvalue weighted by molar-refractivity contribution is -0.125. The van der Waals surface area contributed by atoms with Crippen molar-refractivity contribution < 1.29 is 13.2 Å². The maximum Gasteiger partial charge on any atom is 0.282 e. The van der Waals surface area contributed by atoms with Gasteiger partial charge in [0, 0.05) is 26.2 Å². The van der Waals surface area contributed by atoms with Gasteiger partial charge in [0.05, 0.1) is 6.54 Å². The van der Waals surface area contributed by atoms with Gasteiger partial charge in [0.25, 0.3) is 10.2 Å². The zero-order chi connectivity index (χ0) is 16.2. The number of nitrogens with one attached hydrogen (secondary N) is 1. The molecule has 0 aromatic rings. The second kappa shape index (κ2) is 5.70. The number of carbonyl (C=O) groups is 1.